The molecule has 0 aromatic heterocycles. The highest BCUT2D eigenvalue weighted by Gasteiger charge is 2.60. The molecule has 4 fully saturated rings. The van der Waals surface area contributed by atoms with Gasteiger partial charge in [0, 0.05) is 0 Å². The third-order valence-corrected chi connectivity index (χ3v) is 11.4. The van der Waals surface area contributed by atoms with Crippen molar-refractivity contribution >= 4 is 10.1 Å². The number of rotatable bonds is 3. The summed E-state index contributed by atoms with van der Waals surface area (Å²) >= 11 is 0. The summed E-state index contributed by atoms with van der Waals surface area (Å²) in [7, 11) is -3.71. The Hall–Kier alpha value is -0.870. The maximum atomic E-state index is 13.0. The minimum Gasteiger partial charge on any atom is -0.262 e. The first-order valence-electron chi connectivity index (χ1n) is 12.2. The van der Waals surface area contributed by atoms with Crippen molar-refractivity contribution in [2.45, 2.75) is 96.0 Å². The van der Waals surface area contributed by atoms with Crippen LogP contribution in [-0.2, 0) is 14.3 Å². The number of aryl methyl sites for hydroxylation is 1. The quantitative estimate of drug-likeness (QED) is 0.514. The Kier molecular flexibility index (Phi) is 5.13. The molecule has 0 heterocycles. The Labute approximate surface area is 183 Å². The second-order valence-corrected chi connectivity index (χ2v) is 12.9. The second-order valence-electron chi connectivity index (χ2n) is 11.4. The lowest BCUT2D eigenvalue weighted by molar-refractivity contribution is -0.117. The highest BCUT2D eigenvalue weighted by molar-refractivity contribution is 7.86. The fourth-order valence-electron chi connectivity index (χ4n) is 8.32. The van der Waals surface area contributed by atoms with Crippen molar-refractivity contribution in [3.05, 3.63) is 29.8 Å². The van der Waals surface area contributed by atoms with E-state index in [9.17, 15) is 8.42 Å². The van der Waals surface area contributed by atoms with Gasteiger partial charge in [0.15, 0.2) is 0 Å². The lowest BCUT2D eigenvalue weighted by Crippen LogP contribution is -2.53. The largest absolute Gasteiger partial charge is 0.297 e. The van der Waals surface area contributed by atoms with Gasteiger partial charge in [-0.05, 0) is 105 Å². The molecule has 0 bridgehead atoms. The molecular formula is C26H38O3S. The fraction of sp³-hybridized carbons (Fsp3) is 0.769. The normalized spacial score (nSPS) is 43.5. The van der Waals surface area contributed by atoms with Crippen molar-refractivity contribution in [1.29, 1.82) is 0 Å². The summed E-state index contributed by atoms with van der Waals surface area (Å²) in [6.07, 6.45) is 12.6. The Morgan fingerprint density at radius 3 is 2.33 bits per heavy atom. The topological polar surface area (TPSA) is 43.4 Å². The van der Waals surface area contributed by atoms with Crippen LogP contribution >= 0.6 is 0 Å². The lowest BCUT2D eigenvalue weighted by atomic mass is 9.45. The predicted molar refractivity (Wildman–Crippen MR) is 120 cm³/mol. The molecule has 0 aliphatic heterocycles. The standard InChI is InChI=1S/C26H38O3S/c1-18-7-10-20(11-8-18)30(27,28)29-24-14-13-22-21-12-9-19-6-4-5-16-25(19,2)23(21)15-17-26(22,24)3/h7-8,10-11,19,21-24H,4-6,9,12-17H2,1-3H3/t19-,21+,22-,23+,24-,25+,26+/m1/s1. The van der Waals surface area contributed by atoms with Crippen LogP contribution in [0.4, 0.5) is 0 Å². The van der Waals surface area contributed by atoms with Gasteiger partial charge < -0.3 is 0 Å². The average Bonchev–Trinajstić information content (AvgIpc) is 3.03. The number of hydrogen-bond acceptors (Lipinski definition) is 3. The highest BCUT2D eigenvalue weighted by Crippen LogP contribution is 2.66. The van der Waals surface area contributed by atoms with Crippen molar-refractivity contribution in [2.24, 2.45) is 34.5 Å². The van der Waals surface area contributed by atoms with Crippen molar-refractivity contribution in [2.75, 3.05) is 0 Å². The third-order valence-electron chi connectivity index (χ3n) is 10.0. The summed E-state index contributed by atoms with van der Waals surface area (Å²) in [6.45, 7) is 6.91. The molecule has 4 saturated carbocycles. The SMILES string of the molecule is Cc1ccc(S(=O)(=O)O[C@@H]2CC[C@@H]3[C@@H]4CC[C@H]5CCCC[C@]5(C)[C@H]4CC[C@@]32C)cc1. The molecule has 3 nitrogen and oxygen atoms in total. The number of hydrogen-bond donors (Lipinski definition) is 0. The van der Waals surface area contributed by atoms with Crippen molar-refractivity contribution in [3.63, 3.8) is 0 Å². The van der Waals surface area contributed by atoms with Crippen LogP contribution in [0.1, 0.15) is 83.6 Å². The first kappa shape index (κ1) is 21.0. The molecular weight excluding hydrogens is 392 g/mol. The van der Waals surface area contributed by atoms with Crippen LogP contribution in [0.2, 0.25) is 0 Å². The van der Waals surface area contributed by atoms with E-state index in [1.54, 1.807) is 12.1 Å². The predicted octanol–water partition coefficient (Wildman–Crippen LogP) is 6.50. The van der Waals surface area contributed by atoms with Gasteiger partial charge in [0.2, 0.25) is 0 Å². The first-order chi connectivity index (χ1) is 14.2. The summed E-state index contributed by atoms with van der Waals surface area (Å²) in [6, 6.07) is 7.07. The van der Waals surface area contributed by atoms with Crippen LogP contribution < -0.4 is 0 Å². The molecule has 7 atom stereocenters. The van der Waals surface area contributed by atoms with E-state index in [1.165, 1.54) is 44.9 Å². The van der Waals surface area contributed by atoms with E-state index in [1.807, 2.05) is 19.1 Å². The summed E-state index contributed by atoms with van der Waals surface area (Å²) in [4.78, 5) is 0.295. The van der Waals surface area contributed by atoms with Crippen molar-refractivity contribution < 1.29 is 12.6 Å². The molecule has 5 rings (SSSR count). The number of fused-ring (bicyclic) bond motifs is 5. The summed E-state index contributed by atoms with van der Waals surface area (Å²) in [5.74, 6) is 3.14. The molecule has 166 valence electrons. The van der Waals surface area contributed by atoms with E-state index < -0.39 is 10.1 Å². The summed E-state index contributed by atoms with van der Waals surface area (Å²) in [5.41, 5.74) is 1.58. The fourth-order valence-corrected chi connectivity index (χ4v) is 9.52. The van der Waals surface area contributed by atoms with Gasteiger partial charge in [-0.1, -0.05) is 44.4 Å². The van der Waals surface area contributed by atoms with Crippen LogP contribution in [-0.4, -0.2) is 14.5 Å². The molecule has 0 unspecified atom stereocenters. The zero-order valence-electron chi connectivity index (χ0n) is 18.9. The zero-order chi connectivity index (χ0) is 21.1. The van der Waals surface area contributed by atoms with E-state index in [-0.39, 0.29) is 11.5 Å². The maximum Gasteiger partial charge on any atom is 0.297 e. The first-order valence-corrected chi connectivity index (χ1v) is 13.6. The minimum absolute atomic E-state index is 0.00318. The number of benzene rings is 1. The van der Waals surface area contributed by atoms with Gasteiger partial charge >= 0.3 is 0 Å². The summed E-state index contributed by atoms with van der Waals surface area (Å²) in [5, 5.41) is 0. The molecule has 0 N–H and O–H groups in total. The molecule has 0 amide bonds. The van der Waals surface area contributed by atoms with E-state index in [4.69, 9.17) is 4.18 Å². The molecule has 4 aliphatic carbocycles. The zero-order valence-corrected chi connectivity index (χ0v) is 19.7. The Balaban J connectivity index is 1.37. The van der Waals surface area contributed by atoms with Gasteiger partial charge in [-0.15, -0.1) is 0 Å². The average molecular weight is 431 g/mol. The van der Waals surface area contributed by atoms with Crippen LogP contribution in [0.3, 0.4) is 0 Å². The van der Waals surface area contributed by atoms with Crippen LogP contribution in [0, 0.1) is 41.4 Å². The molecule has 4 aliphatic rings. The molecule has 1 aromatic rings. The van der Waals surface area contributed by atoms with Gasteiger partial charge in [0.25, 0.3) is 10.1 Å². The molecule has 0 saturated heterocycles. The molecule has 0 radical (unpaired) electrons. The molecule has 0 spiro atoms. The van der Waals surface area contributed by atoms with Gasteiger partial charge in [-0.2, -0.15) is 8.42 Å². The van der Waals surface area contributed by atoms with Crippen LogP contribution in [0.15, 0.2) is 29.2 Å². The Morgan fingerprint density at radius 1 is 0.833 bits per heavy atom. The summed E-state index contributed by atoms with van der Waals surface area (Å²) < 4.78 is 32.0. The van der Waals surface area contributed by atoms with Gasteiger partial charge in [0.05, 0.1) is 11.0 Å². The van der Waals surface area contributed by atoms with Crippen LogP contribution in [0.5, 0.6) is 0 Å². The van der Waals surface area contributed by atoms with Gasteiger partial charge in [-0.25, -0.2) is 0 Å². The smallest absolute Gasteiger partial charge is 0.262 e. The molecule has 30 heavy (non-hydrogen) atoms. The monoisotopic (exact) mass is 430 g/mol. The van der Waals surface area contributed by atoms with Crippen LogP contribution in [0.25, 0.3) is 0 Å². The third kappa shape index (κ3) is 3.20. The van der Waals surface area contributed by atoms with E-state index in [0.29, 0.717) is 16.2 Å². The second kappa shape index (κ2) is 7.33. The molecule has 4 heteroatoms. The highest BCUT2D eigenvalue weighted by atomic mass is 32.2. The maximum absolute atomic E-state index is 13.0. The van der Waals surface area contributed by atoms with Gasteiger partial charge in [-0.3, -0.25) is 4.18 Å². The van der Waals surface area contributed by atoms with Crippen molar-refractivity contribution in [3.8, 4) is 0 Å². The minimum atomic E-state index is -3.71. The van der Waals surface area contributed by atoms with E-state index in [0.717, 1.165) is 42.6 Å². The van der Waals surface area contributed by atoms with E-state index in [2.05, 4.69) is 13.8 Å². The Morgan fingerprint density at radius 2 is 1.57 bits per heavy atom. The Bertz CT molecular complexity index is 891. The van der Waals surface area contributed by atoms with E-state index >= 15 is 0 Å². The molecule has 1 aromatic carbocycles. The van der Waals surface area contributed by atoms with Gasteiger partial charge in [0.1, 0.15) is 0 Å². The van der Waals surface area contributed by atoms with Crippen molar-refractivity contribution in [1.82, 2.24) is 0 Å². The lowest BCUT2D eigenvalue weighted by Gasteiger charge is -2.60.